The molecule has 6 heteroatoms. The normalized spacial score (nSPS) is 12.0. The monoisotopic (exact) mass is 477 g/mol. The molecule has 0 saturated heterocycles. The Bertz CT molecular complexity index is 1400. The average Bonchev–Trinajstić information content (AvgIpc) is 2.80. The van der Waals surface area contributed by atoms with Crippen molar-refractivity contribution in [2.75, 3.05) is 5.75 Å². The number of amides is 1. The van der Waals surface area contributed by atoms with Gasteiger partial charge in [-0.25, -0.2) is 0 Å². The Morgan fingerprint density at radius 3 is 2.44 bits per heavy atom. The average molecular weight is 478 g/mol. The molecule has 1 N–H and O–H groups in total. The summed E-state index contributed by atoms with van der Waals surface area (Å²) in [7, 11) is 0. The van der Waals surface area contributed by atoms with E-state index in [9.17, 15) is 9.59 Å². The molecule has 1 aliphatic carbocycles. The molecule has 32 heavy (non-hydrogen) atoms. The predicted octanol–water partition coefficient (Wildman–Crippen LogP) is 6.77. The van der Waals surface area contributed by atoms with Gasteiger partial charge >= 0.3 is 0 Å². The largest absolute Gasteiger partial charge is 0.351 e. The molecule has 0 radical (unpaired) electrons. The van der Waals surface area contributed by atoms with E-state index in [0.29, 0.717) is 22.2 Å². The first kappa shape index (κ1) is 21.1. The second-order valence-corrected chi connectivity index (χ2v) is 9.38. The number of thioether (sulfide) groups is 1. The summed E-state index contributed by atoms with van der Waals surface area (Å²) in [5.41, 5.74) is 4.26. The number of nitrogens with one attached hydrogen (secondary N) is 1. The third-order valence-electron chi connectivity index (χ3n) is 5.56. The lowest BCUT2D eigenvalue weighted by Gasteiger charge is -2.21. The highest BCUT2D eigenvalue weighted by atomic mass is 35.5. The molecule has 0 fully saturated rings. The van der Waals surface area contributed by atoms with E-state index in [1.807, 2.05) is 54.6 Å². The van der Waals surface area contributed by atoms with Crippen LogP contribution in [0.15, 0.2) is 77.7 Å². The maximum absolute atomic E-state index is 13.1. The van der Waals surface area contributed by atoms with Gasteiger partial charge in [-0.3, -0.25) is 9.59 Å². The van der Waals surface area contributed by atoms with E-state index in [4.69, 9.17) is 23.2 Å². The molecule has 0 aliphatic heterocycles. The summed E-state index contributed by atoms with van der Waals surface area (Å²) in [6.07, 6.45) is 0. The topological polar surface area (TPSA) is 46.2 Å². The van der Waals surface area contributed by atoms with Gasteiger partial charge in [0.2, 0.25) is 5.91 Å². The van der Waals surface area contributed by atoms with Gasteiger partial charge in [0.15, 0.2) is 5.78 Å². The maximum atomic E-state index is 13.1. The maximum Gasteiger partial charge on any atom is 0.230 e. The van der Waals surface area contributed by atoms with E-state index in [1.54, 1.807) is 18.2 Å². The first-order valence-corrected chi connectivity index (χ1v) is 11.8. The smallest absolute Gasteiger partial charge is 0.230 e. The van der Waals surface area contributed by atoms with Crippen LogP contribution in [0.25, 0.3) is 21.9 Å². The molecule has 0 aromatic heterocycles. The zero-order valence-electron chi connectivity index (χ0n) is 16.8. The number of rotatable bonds is 5. The SMILES string of the molecule is O=C(CSc1ccc2c3c(cccc13)C(=O)c1ccccc1-2)NCc1ccc(Cl)cc1Cl. The minimum absolute atomic E-state index is 0.0402. The Labute approximate surface area is 199 Å². The standard InChI is InChI=1S/C26H17Cl2NO2S/c27-16-9-8-15(22(28)12-16)13-29-24(30)14-32-23-11-10-18-17-4-1-2-5-19(17)26(31)21-7-3-6-20(23)25(18)21/h1-12H,13-14H2,(H,29,30). The highest BCUT2D eigenvalue weighted by Crippen LogP contribution is 2.42. The van der Waals surface area contributed by atoms with E-state index in [1.165, 1.54) is 11.8 Å². The number of fused-ring (bicyclic) bond motifs is 2. The van der Waals surface area contributed by atoms with Crippen molar-refractivity contribution < 1.29 is 9.59 Å². The summed E-state index contributed by atoms with van der Waals surface area (Å²) in [5, 5.41) is 5.93. The van der Waals surface area contributed by atoms with Crippen LogP contribution < -0.4 is 5.32 Å². The summed E-state index contributed by atoms with van der Waals surface area (Å²) in [5.74, 6) is 0.204. The van der Waals surface area contributed by atoms with Gasteiger partial charge in [0, 0.05) is 38.0 Å². The van der Waals surface area contributed by atoms with Crippen LogP contribution in [0.2, 0.25) is 10.0 Å². The second-order valence-electron chi connectivity index (χ2n) is 7.52. The third-order valence-corrected chi connectivity index (χ3v) is 7.22. The number of hydrogen-bond donors (Lipinski definition) is 1. The van der Waals surface area contributed by atoms with Crippen molar-refractivity contribution in [1.82, 2.24) is 5.32 Å². The molecule has 4 aromatic carbocycles. The van der Waals surface area contributed by atoms with Gasteiger partial charge in [0.25, 0.3) is 0 Å². The van der Waals surface area contributed by atoms with Crippen molar-refractivity contribution in [3.8, 4) is 11.1 Å². The first-order chi connectivity index (χ1) is 15.5. The van der Waals surface area contributed by atoms with Gasteiger partial charge in [0.1, 0.15) is 0 Å². The molecule has 1 amide bonds. The van der Waals surface area contributed by atoms with Crippen LogP contribution >= 0.6 is 35.0 Å². The van der Waals surface area contributed by atoms with E-state index >= 15 is 0 Å². The van der Waals surface area contributed by atoms with Crippen LogP contribution in [0.5, 0.6) is 0 Å². The van der Waals surface area contributed by atoms with Crippen molar-refractivity contribution in [2.24, 2.45) is 0 Å². The quantitative estimate of drug-likeness (QED) is 0.284. The van der Waals surface area contributed by atoms with E-state index in [-0.39, 0.29) is 17.4 Å². The van der Waals surface area contributed by atoms with Crippen molar-refractivity contribution in [1.29, 1.82) is 0 Å². The van der Waals surface area contributed by atoms with Gasteiger partial charge in [-0.15, -0.1) is 11.8 Å². The summed E-state index contributed by atoms with van der Waals surface area (Å²) in [4.78, 5) is 26.5. The summed E-state index contributed by atoms with van der Waals surface area (Å²) >= 11 is 13.6. The number of benzene rings is 4. The molecule has 5 rings (SSSR count). The van der Waals surface area contributed by atoms with Crippen molar-refractivity contribution >= 4 is 57.4 Å². The van der Waals surface area contributed by atoms with Gasteiger partial charge in [-0.05, 0) is 40.3 Å². The van der Waals surface area contributed by atoms with Crippen molar-refractivity contribution in [2.45, 2.75) is 11.4 Å². The molecular formula is C26H17Cl2NO2S. The van der Waals surface area contributed by atoms with Crippen LogP contribution in [-0.2, 0) is 11.3 Å². The van der Waals surface area contributed by atoms with Crippen LogP contribution in [0, 0.1) is 0 Å². The molecule has 4 aromatic rings. The molecule has 0 saturated carbocycles. The number of hydrogen-bond acceptors (Lipinski definition) is 3. The molecular weight excluding hydrogens is 461 g/mol. The number of carbonyl (C=O) groups excluding carboxylic acids is 2. The second kappa shape index (κ2) is 8.62. The number of ketones is 1. The Hall–Kier alpha value is -2.79. The summed E-state index contributed by atoms with van der Waals surface area (Å²) < 4.78 is 0. The van der Waals surface area contributed by atoms with E-state index in [2.05, 4.69) is 5.32 Å². The van der Waals surface area contributed by atoms with Crippen molar-refractivity contribution in [3.63, 3.8) is 0 Å². The van der Waals surface area contributed by atoms with Gasteiger partial charge < -0.3 is 5.32 Å². The van der Waals surface area contributed by atoms with Gasteiger partial charge in [-0.1, -0.05) is 77.8 Å². The fourth-order valence-electron chi connectivity index (χ4n) is 4.03. The van der Waals surface area contributed by atoms with Gasteiger partial charge in [0.05, 0.1) is 5.75 Å². The predicted molar refractivity (Wildman–Crippen MR) is 132 cm³/mol. The zero-order chi connectivity index (χ0) is 22.2. The molecule has 0 heterocycles. The lowest BCUT2D eigenvalue weighted by Crippen LogP contribution is -2.24. The number of carbonyl (C=O) groups is 2. The Morgan fingerprint density at radius 2 is 1.62 bits per heavy atom. The van der Waals surface area contributed by atoms with Crippen LogP contribution in [-0.4, -0.2) is 17.4 Å². The fraction of sp³-hybridized carbons (Fsp3) is 0.0769. The molecule has 0 unspecified atom stereocenters. The first-order valence-electron chi connectivity index (χ1n) is 10.1. The summed E-state index contributed by atoms with van der Waals surface area (Å²) in [6.45, 7) is 0.338. The minimum Gasteiger partial charge on any atom is -0.351 e. The van der Waals surface area contributed by atoms with Crippen LogP contribution in [0.1, 0.15) is 21.5 Å². The minimum atomic E-state index is -0.0945. The lowest BCUT2D eigenvalue weighted by molar-refractivity contribution is -0.118. The van der Waals surface area contributed by atoms with Crippen LogP contribution in [0.3, 0.4) is 0 Å². The Morgan fingerprint density at radius 1 is 0.844 bits per heavy atom. The van der Waals surface area contributed by atoms with Crippen molar-refractivity contribution in [3.05, 3.63) is 99.5 Å². The molecule has 3 nitrogen and oxygen atoms in total. The van der Waals surface area contributed by atoms with E-state index in [0.717, 1.165) is 37.9 Å². The Balaban J connectivity index is 1.38. The Kier molecular flexibility index (Phi) is 5.68. The molecule has 158 valence electrons. The lowest BCUT2D eigenvalue weighted by atomic mass is 9.83. The van der Waals surface area contributed by atoms with Crippen LogP contribution in [0.4, 0.5) is 0 Å². The van der Waals surface area contributed by atoms with E-state index < -0.39 is 0 Å². The highest BCUT2D eigenvalue weighted by molar-refractivity contribution is 8.00. The zero-order valence-corrected chi connectivity index (χ0v) is 19.2. The number of halogens is 2. The molecule has 0 atom stereocenters. The van der Waals surface area contributed by atoms with Gasteiger partial charge in [-0.2, -0.15) is 0 Å². The third kappa shape index (κ3) is 3.79. The molecule has 1 aliphatic rings. The fourth-order valence-corrected chi connectivity index (χ4v) is 5.39. The summed E-state index contributed by atoms with van der Waals surface area (Å²) in [6, 6.07) is 22.8. The molecule has 0 spiro atoms. The molecule has 0 bridgehead atoms. The highest BCUT2D eigenvalue weighted by Gasteiger charge is 2.25.